The Balaban J connectivity index is 1.83. The molecule has 1 aromatic carbocycles. The van der Waals surface area contributed by atoms with Crippen LogP contribution in [0.1, 0.15) is 31.7 Å². The Morgan fingerprint density at radius 3 is 2.89 bits per heavy atom. The molecule has 0 saturated heterocycles. The number of nitrogens with one attached hydrogen (secondary N) is 2. The Morgan fingerprint density at radius 1 is 1.37 bits per heavy atom. The number of anilines is 1. The third-order valence-corrected chi connectivity index (χ3v) is 5.56. The molecule has 1 aromatic rings. The van der Waals surface area contributed by atoms with Gasteiger partial charge in [0.25, 0.3) is 0 Å². The Hall–Kier alpha value is -1.07. The van der Waals surface area contributed by atoms with E-state index in [1.807, 2.05) is 13.0 Å². The van der Waals surface area contributed by atoms with Crippen molar-refractivity contribution >= 4 is 15.7 Å². The quantitative estimate of drug-likeness (QED) is 0.888. The molecule has 1 atom stereocenters. The van der Waals surface area contributed by atoms with Crippen LogP contribution in [0.4, 0.5) is 5.69 Å². The van der Waals surface area contributed by atoms with Gasteiger partial charge in [0.2, 0.25) is 10.0 Å². The smallest absolute Gasteiger partial charge is 0.240 e. The van der Waals surface area contributed by atoms with E-state index in [2.05, 4.69) is 10.0 Å². The van der Waals surface area contributed by atoms with Crippen LogP contribution in [0.25, 0.3) is 0 Å². The van der Waals surface area contributed by atoms with Crippen LogP contribution in [0.5, 0.6) is 0 Å². The molecular formula is C14H20N2O2S. The topological polar surface area (TPSA) is 58.2 Å². The summed E-state index contributed by atoms with van der Waals surface area (Å²) in [4.78, 5) is 0.369. The molecule has 0 spiro atoms. The van der Waals surface area contributed by atoms with E-state index in [1.54, 1.807) is 12.1 Å². The largest absolute Gasteiger partial charge is 0.385 e. The molecule has 2 N–H and O–H groups in total. The highest BCUT2D eigenvalue weighted by Gasteiger charge is 2.31. The van der Waals surface area contributed by atoms with Crippen molar-refractivity contribution in [2.75, 3.05) is 11.9 Å². The summed E-state index contributed by atoms with van der Waals surface area (Å²) >= 11 is 0. The first-order chi connectivity index (χ1) is 9.06. The lowest BCUT2D eigenvalue weighted by Gasteiger charge is -2.19. The number of sulfonamides is 1. The Kier molecular flexibility index (Phi) is 3.27. The Labute approximate surface area is 114 Å². The van der Waals surface area contributed by atoms with Crippen LogP contribution in [-0.2, 0) is 16.4 Å². The minimum atomic E-state index is -3.39. The van der Waals surface area contributed by atoms with Crippen LogP contribution in [0.3, 0.4) is 0 Å². The molecule has 0 aromatic heterocycles. The molecule has 0 radical (unpaired) electrons. The zero-order chi connectivity index (χ0) is 13.5. The molecule has 0 amide bonds. The molecule has 0 bridgehead atoms. The molecule has 1 saturated carbocycles. The standard InChI is InChI=1S/C14H20N2O2S/c1-10(11-4-5-11)16-19(17,18)13-7-6-12-3-2-8-15-14(12)9-13/h6-7,9-11,15-16H,2-5,8H2,1H3. The minimum absolute atomic E-state index is 0.0361. The molecule has 4 nitrogen and oxygen atoms in total. The maximum atomic E-state index is 12.3. The van der Waals surface area contributed by atoms with Gasteiger partial charge in [-0.25, -0.2) is 13.1 Å². The number of benzene rings is 1. The summed E-state index contributed by atoms with van der Waals surface area (Å²) in [5.74, 6) is 0.519. The van der Waals surface area contributed by atoms with E-state index in [9.17, 15) is 8.42 Å². The van der Waals surface area contributed by atoms with Crippen LogP contribution in [0.2, 0.25) is 0 Å². The first-order valence-corrected chi connectivity index (χ1v) is 8.44. The highest BCUT2D eigenvalue weighted by Crippen LogP contribution is 2.33. The van der Waals surface area contributed by atoms with E-state index >= 15 is 0 Å². The fraction of sp³-hybridized carbons (Fsp3) is 0.571. The Bertz CT molecular complexity index is 579. The van der Waals surface area contributed by atoms with Crippen molar-refractivity contribution < 1.29 is 8.42 Å². The molecule has 104 valence electrons. The van der Waals surface area contributed by atoms with Gasteiger partial charge in [-0.1, -0.05) is 6.07 Å². The highest BCUT2D eigenvalue weighted by atomic mass is 32.2. The lowest BCUT2D eigenvalue weighted by molar-refractivity contribution is 0.538. The monoisotopic (exact) mass is 280 g/mol. The van der Waals surface area contributed by atoms with Gasteiger partial charge in [-0.3, -0.25) is 0 Å². The van der Waals surface area contributed by atoms with E-state index in [1.165, 1.54) is 5.56 Å². The van der Waals surface area contributed by atoms with Crippen LogP contribution < -0.4 is 10.0 Å². The minimum Gasteiger partial charge on any atom is -0.385 e. The molecule has 2 aliphatic rings. The summed E-state index contributed by atoms with van der Waals surface area (Å²) < 4.78 is 27.4. The van der Waals surface area contributed by atoms with Crippen molar-refractivity contribution in [1.29, 1.82) is 0 Å². The van der Waals surface area contributed by atoms with Gasteiger partial charge >= 0.3 is 0 Å². The summed E-state index contributed by atoms with van der Waals surface area (Å²) in [5.41, 5.74) is 2.17. The normalized spacial score (nSPS) is 20.5. The van der Waals surface area contributed by atoms with Crippen molar-refractivity contribution in [3.63, 3.8) is 0 Å². The lowest BCUT2D eigenvalue weighted by atomic mass is 10.0. The lowest BCUT2D eigenvalue weighted by Crippen LogP contribution is -2.34. The summed E-state index contributed by atoms with van der Waals surface area (Å²) in [6.45, 7) is 2.87. The molecule has 1 heterocycles. The number of fused-ring (bicyclic) bond motifs is 1. The zero-order valence-electron chi connectivity index (χ0n) is 11.1. The SMILES string of the molecule is CC(NS(=O)(=O)c1ccc2c(c1)NCCC2)C1CC1. The van der Waals surface area contributed by atoms with Gasteiger partial charge in [-0.15, -0.1) is 0 Å². The van der Waals surface area contributed by atoms with Crippen molar-refractivity contribution in [2.24, 2.45) is 5.92 Å². The van der Waals surface area contributed by atoms with Crippen molar-refractivity contribution in [3.05, 3.63) is 23.8 Å². The molecule has 1 aliphatic heterocycles. The molecule has 1 unspecified atom stereocenters. The van der Waals surface area contributed by atoms with Gasteiger partial charge in [0.1, 0.15) is 0 Å². The van der Waals surface area contributed by atoms with Gasteiger partial charge in [0.15, 0.2) is 0 Å². The van der Waals surface area contributed by atoms with E-state index in [0.717, 1.165) is 37.9 Å². The van der Waals surface area contributed by atoms with Crippen LogP contribution >= 0.6 is 0 Å². The summed E-state index contributed by atoms with van der Waals surface area (Å²) in [5, 5.41) is 3.27. The van der Waals surface area contributed by atoms with Crippen molar-refractivity contribution in [2.45, 2.75) is 43.5 Å². The summed E-state index contributed by atoms with van der Waals surface area (Å²) in [6.07, 6.45) is 4.40. The average molecular weight is 280 g/mol. The first kappa shape index (κ1) is 12.9. The third kappa shape index (κ3) is 2.77. The number of rotatable bonds is 4. The third-order valence-electron chi connectivity index (χ3n) is 4.00. The number of hydrogen-bond donors (Lipinski definition) is 2. The second kappa shape index (κ2) is 4.80. The molecule has 1 aliphatic carbocycles. The van der Waals surface area contributed by atoms with Crippen molar-refractivity contribution in [1.82, 2.24) is 4.72 Å². The van der Waals surface area contributed by atoms with E-state index in [4.69, 9.17) is 0 Å². The molecule has 3 rings (SSSR count). The highest BCUT2D eigenvalue weighted by molar-refractivity contribution is 7.89. The second-order valence-corrected chi connectivity index (χ2v) is 7.31. The van der Waals surface area contributed by atoms with Crippen LogP contribution in [0.15, 0.2) is 23.1 Å². The fourth-order valence-electron chi connectivity index (χ4n) is 2.61. The van der Waals surface area contributed by atoms with Gasteiger partial charge < -0.3 is 5.32 Å². The van der Waals surface area contributed by atoms with Crippen LogP contribution in [0, 0.1) is 5.92 Å². The number of hydrogen-bond acceptors (Lipinski definition) is 3. The average Bonchev–Trinajstić information content (AvgIpc) is 3.22. The predicted molar refractivity (Wildman–Crippen MR) is 75.8 cm³/mol. The van der Waals surface area contributed by atoms with Crippen molar-refractivity contribution in [3.8, 4) is 0 Å². The summed E-state index contributed by atoms with van der Waals surface area (Å²) in [7, 11) is -3.39. The summed E-state index contributed by atoms with van der Waals surface area (Å²) in [6, 6.07) is 5.44. The molecule has 1 fully saturated rings. The predicted octanol–water partition coefficient (Wildman–Crippen LogP) is 2.12. The maximum absolute atomic E-state index is 12.3. The first-order valence-electron chi connectivity index (χ1n) is 6.95. The molecule has 19 heavy (non-hydrogen) atoms. The van der Waals surface area contributed by atoms with Gasteiger partial charge in [0.05, 0.1) is 4.90 Å². The Morgan fingerprint density at radius 2 is 2.16 bits per heavy atom. The van der Waals surface area contributed by atoms with Gasteiger partial charge in [-0.2, -0.15) is 0 Å². The second-order valence-electron chi connectivity index (χ2n) is 5.60. The molecule has 5 heteroatoms. The number of aryl methyl sites for hydroxylation is 1. The van der Waals surface area contributed by atoms with E-state index in [-0.39, 0.29) is 6.04 Å². The van der Waals surface area contributed by atoms with E-state index < -0.39 is 10.0 Å². The molecular weight excluding hydrogens is 260 g/mol. The maximum Gasteiger partial charge on any atom is 0.240 e. The van der Waals surface area contributed by atoms with Gasteiger partial charge in [-0.05, 0) is 56.2 Å². The van der Waals surface area contributed by atoms with E-state index in [0.29, 0.717) is 10.8 Å². The van der Waals surface area contributed by atoms with Crippen LogP contribution in [-0.4, -0.2) is 21.0 Å². The van der Waals surface area contributed by atoms with Gasteiger partial charge in [0, 0.05) is 18.3 Å². The zero-order valence-corrected chi connectivity index (χ0v) is 12.0. The fourth-order valence-corrected chi connectivity index (χ4v) is 3.95.